The number of hydrogen-bond donors (Lipinski definition) is 3. The summed E-state index contributed by atoms with van der Waals surface area (Å²) in [6.07, 6.45) is 0.747. The van der Waals surface area contributed by atoms with Gasteiger partial charge in [-0.25, -0.2) is 0 Å². The second-order valence-corrected chi connectivity index (χ2v) is 3.68. The summed E-state index contributed by atoms with van der Waals surface area (Å²) >= 11 is 0. The summed E-state index contributed by atoms with van der Waals surface area (Å²) in [7, 11) is 0. The third-order valence-corrected chi connectivity index (χ3v) is 2.32. The standard InChI is InChI=1S/C12H18N2O3/c1-9-10(15)4-2-5-11(9)17-8-12(16)14-7-3-6-13/h2,4-5,15H,3,6-8,13H2,1H3,(H,14,16). The molecule has 0 saturated carbocycles. The maximum Gasteiger partial charge on any atom is 0.257 e. The van der Waals surface area contributed by atoms with Crippen molar-refractivity contribution in [1.82, 2.24) is 5.32 Å². The zero-order valence-corrected chi connectivity index (χ0v) is 9.90. The van der Waals surface area contributed by atoms with Gasteiger partial charge in [-0.15, -0.1) is 0 Å². The van der Waals surface area contributed by atoms with Gasteiger partial charge in [0.1, 0.15) is 11.5 Å². The Morgan fingerprint density at radius 1 is 1.53 bits per heavy atom. The minimum atomic E-state index is -0.193. The molecule has 1 aromatic carbocycles. The van der Waals surface area contributed by atoms with Crippen molar-refractivity contribution in [3.05, 3.63) is 23.8 Å². The van der Waals surface area contributed by atoms with E-state index in [1.54, 1.807) is 25.1 Å². The molecule has 0 radical (unpaired) electrons. The summed E-state index contributed by atoms with van der Waals surface area (Å²) in [4.78, 5) is 11.3. The number of phenols is 1. The van der Waals surface area contributed by atoms with Crippen molar-refractivity contribution in [2.75, 3.05) is 19.7 Å². The van der Waals surface area contributed by atoms with Crippen molar-refractivity contribution in [3.8, 4) is 11.5 Å². The number of aromatic hydroxyl groups is 1. The smallest absolute Gasteiger partial charge is 0.257 e. The molecular formula is C12H18N2O3. The maximum atomic E-state index is 11.3. The Balaban J connectivity index is 2.39. The third-order valence-electron chi connectivity index (χ3n) is 2.32. The van der Waals surface area contributed by atoms with E-state index in [1.807, 2.05) is 0 Å². The zero-order chi connectivity index (χ0) is 12.7. The molecule has 17 heavy (non-hydrogen) atoms. The lowest BCUT2D eigenvalue weighted by atomic mass is 10.2. The molecule has 94 valence electrons. The predicted octanol–water partition coefficient (Wildman–Crippen LogP) is 0.544. The molecule has 0 bridgehead atoms. The normalized spacial score (nSPS) is 10.0. The van der Waals surface area contributed by atoms with Crippen molar-refractivity contribution >= 4 is 5.91 Å². The molecule has 0 spiro atoms. The number of hydrogen-bond acceptors (Lipinski definition) is 4. The van der Waals surface area contributed by atoms with Crippen molar-refractivity contribution in [2.24, 2.45) is 5.73 Å². The van der Waals surface area contributed by atoms with Crippen molar-refractivity contribution in [2.45, 2.75) is 13.3 Å². The van der Waals surface area contributed by atoms with Gasteiger partial charge in [-0.2, -0.15) is 0 Å². The molecule has 1 rings (SSSR count). The summed E-state index contributed by atoms with van der Waals surface area (Å²) in [5.74, 6) is 0.478. The second kappa shape index (κ2) is 6.75. The molecule has 0 heterocycles. The fourth-order valence-corrected chi connectivity index (χ4v) is 1.28. The second-order valence-electron chi connectivity index (χ2n) is 3.68. The van der Waals surface area contributed by atoms with Crippen LogP contribution in [0.25, 0.3) is 0 Å². The number of nitrogens with two attached hydrogens (primary N) is 1. The molecule has 0 aliphatic carbocycles. The summed E-state index contributed by atoms with van der Waals surface area (Å²) in [5, 5.41) is 12.1. The van der Waals surface area contributed by atoms with Crippen molar-refractivity contribution in [1.29, 1.82) is 0 Å². The van der Waals surface area contributed by atoms with Crippen molar-refractivity contribution < 1.29 is 14.6 Å². The topological polar surface area (TPSA) is 84.6 Å². The van der Waals surface area contributed by atoms with Crippen molar-refractivity contribution in [3.63, 3.8) is 0 Å². The predicted molar refractivity (Wildman–Crippen MR) is 65.0 cm³/mol. The minimum absolute atomic E-state index is 0.0607. The lowest BCUT2D eigenvalue weighted by Gasteiger charge is -2.10. The van der Waals surface area contributed by atoms with E-state index in [-0.39, 0.29) is 18.3 Å². The molecule has 1 aromatic rings. The molecule has 0 unspecified atom stereocenters. The van der Waals surface area contributed by atoms with E-state index >= 15 is 0 Å². The van der Waals surface area contributed by atoms with Gasteiger partial charge in [-0.05, 0) is 32.0 Å². The van der Waals surface area contributed by atoms with Gasteiger partial charge in [0.05, 0.1) is 0 Å². The van der Waals surface area contributed by atoms with E-state index in [0.717, 1.165) is 6.42 Å². The van der Waals surface area contributed by atoms with Gasteiger partial charge < -0.3 is 20.9 Å². The Hall–Kier alpha value is -1.75. The molecule has 0 saturated heterocycles. The fourth-order valence-electron chi connectivity index (χ4n) is 1.28. The number of phenolic OH excluding ortho intramolecular Hbond substituents is 1. The van der Waals surface area contributed by atoms with E-state index in [9.17, 15) is 9.90 Å². The molecule has 5 heteroatoms. The summed E-state index contributed by atoms with van der Waals surface area (Å²) in [5.41, 5.74) is 5.93. The molecule has 0 aliphatic rings. The van der Waals surface area contributed by atoms with Crippen LogP contribution in [0.4, 0.5) is 0 Å². The Morgan fingerprint density at radius 3 is 3.00 bits per heavy atom. The number of ether oxygens (including phenoxy) is 1. The van der Waals surface area contributed by atoms with Crippen LogP contribution in [0.5, 0.6) is 11.5 Å². The Morgan fingerprint density at radius 2 is 2.29 bits per heavy atom. The van der Waals surface area contributed by atoms with Gasteiger partial charge in [0, 0.05) is 12.1 Å². The van der Waals surface area contributed by atoms with Gasteiger partial charge in [0.2, 0.25) is 0 Å². The van der Waals surface area contributed by atoms with E-state index < -0.39 is 0 Å². The highest BCUT2D eigenvalue weighted by Gasteiger charge is 2.06. The quantitative estimate of drug-likeness (QED) is 0.632. The number of amides is 1. The van der Waals surface area contributed by atoms with Gasteiger partial charge in [0.25, 0.3) is 5.91 Å². The lowest BCUT2D eigenvalue weighted by molar-refractivity contribution is -0.123. The third kappa shape index (κ3) is 4.32. The van der Waals surface area contributed by atoms with E-state index in [4.69, 9.17) is 10.5 Å². The van der Waals surface area contributed by atoms with Gasteiger partial charge in [-0.3, -0.25) is 4.79 Å². The SMILES string of the molecule is Cc1c(O)cccc1OCC(=O)NCCCN. The number of benzene rings is 1. The van der Waals surface area contributed by atoms with Crippen LogP contribution < -0.4 is 15.8 Å². The number of rotatable bonds is 6. The highest BCUT2D eigenvalue weighted by atomic mass is 16.5. The Labute approximate surface area is 101 Å². The summed E-state index contributed by atoms with van der Waals surface area (Å²) in [6.45, 7) is 2.77. The van der Waals surface area contributed by atoms with Gasteiger partial charge in [-0.1, -0.05) is 6.07 Å². The number of carbonyl (C=O) groups is 1. The average Bonchev–Trinajstić information content (AvgIpc) is 2.31. The first-order chi connectivity index (χ1) is 8.15. The molecule has 0 aromatic heterocycles. The first-order valence-electron chi connectivity index (χ1n) is 5.53. The van der Waals surface area contributed by atoms with Gasteiger partial charge in [0.15, 0.2) is 6.61 Å². The molecule has 4 N–H and O–H groups in total. The van der Waals surface area contributed by atoms with Crippen LogP contribution in [0.1, 0.15) is 12.0 Å². The molecular weight excluding hydrogens is 220 g/mol. The highest BCUT2D eigenvalue weighted by molar-refractivity contribution is 5.77. The van der Waals surface area contributed by atoms with E-state index in [0.29, 0.717) is 24.4 Å². The van der Waals surface area contributed by atoms with Crippen LogP contribution in [0, 0.1) is 6.92 Å². The maximum absolute atomic E-state index is 11.3. The monoisotopic (exact) mass is 238 g/mol. The first kappa shape index (κ1) is 13.3. The average molecular weight is 238 g/mol. The largest absolute Gasteiger partial charge is 0.508 e. The molecule has 1 amide bonds. The van der Waals surface area contributed by atoms with E-state index in [2.05, 4.69) is 5.32 Å². The van der Waals surface area contributed by atoms with E-state index in [1.165, 1.54) is 0 Å². The van der Waals surface area contributed by atoms with Crippen LogP contribution in [-0.2, 0) is 4.79 Å². The minimum Gasteiger partial charge on any atom is -0.508 e. The number of carbonyl (C=O) groups excluding carboxylic acids is 1. The van der Waals surface area contributed by atoms with Gasteiger partial charge >= 0.3 is 0 Å². The molecule has 0 aliphatic heterocycles. The summed E-state index contributed by atoms with van der Waals surface area (Å²) in [6, 6.07) is 4.95. The highest BCUT2D eigenvalue weighted by Crippen LogP contribution is 2.25. The van der Waals surface area contributed by atoms with Crippen LogP contribution in [0.2, 0.25) is 0 Å². The van der Waals surface area contributed by atoms with Crippen LogP contribution >= 0.6 is 0 Å². The van der Waals surface area contributed by atoms with Crippen LogP contribution in [0.15, 0.2) is 18.2 Å². The Bertz CT molecular complexity index is 380. The van der Waals surface area contributed by atoms with Crippen LogP contribution in [0.3, 0.4) is 0 Å². The summed E-state index contributed by atoms with van der Waals surface area (Å²) < 4.78 is 5.31. The molecule has 5 nitrogen and oxygen atoms in total. The molecule has 0 atom stereocenters. The lowest BCUT2D eigenvalue weighted by Crippen LogP contribution is -2.30. The Kier molecular flexibility index (Phi) is 5.29. The first-order valence-corrected chi connectivity index (χ1v) is 5.53. The molecule has 0 fully saturated rings. The van der Waals surface area contributed by atoms with Crippen LogP contribution in [-0.4, -0.2) is 30.7 Å². The zero-order valence-electron chi connectivity index (χ0n) is 9.90. The number of nitrogens with one attached hydrogen (secondary N) is 1. The fraction of sp³-hybridized carbons (Fsp3) is 0.417.